The minimum absolute atomic E-state index is 0.0697. The third kappa shape index (κ3) is 3.85. The van der Waals surface area contributed by atoms with Crippen LogP contribution in [0.5, 0.6) is 5.75 Å². The van der Waals surface area contributed by atoms with Crippen LogP contribution in [-0.4, -0.2) is 46.6 Å². The average Bonchev–Trinajstić information content (AvgIpc) is 3.40. The summed E-state index contributed by atoms with van der Waals surface area (Å²) in [5.41, 5.74) is 6.64. The van der Waals surface area contributed by atoms with Crippen molar-refractivity contribution < 1.29 is 18.3 Å². The molecule has 1 aromatic heterocycles. The molecule has 2 N–H and O–H groups in total. The molecule has 4 rings (SSSR count). The zero-order valence-corrected chi connectivity index (χ0v) is 16.7. The van der Waals surface area contributed by atoms with Crippen molar-refractivity contribution in [2.24, 2.45) is 5.73 Å². The number of likely N-dealkylation sites (tertiary alicyclic amines) is 1. The molecule has 2 heterocycles. The van der Waals surface area contributed by atoms with Crippen molar-refractivity contribution in [1.82, 2.24) is 14.5 Å². The second kappa shape index (κ2) is 8.16. The van der Waals surface area contributed by atoms with E-state index in [-0.39, 0.29) is 34.9 Å². The lowest BCUT2D eigenvalue weighted by Gasteiger charge is -2.13. The highest BCUT2D eigenvalue weighted by Gasteiger charge is 2.27. The minimum Gasteiger partial charge on any atom is -0.494 e. The third-order valence-electron chi connectivity index (χ3n) is 5.18. The normalized spacial score (nSPS) is 15.7. The van der Waals surface area contributed by atoms with Crippen molar-refractivity contribution in [3.63, 3.8) is 0 Å². The second-order valence-electron chi connectivity index (χ2n) is 7.22. The lowest BCUT2D eigenvalue weighted by Crippen LogP contribution is -2.32. The molecule has 0 saturated carbocycles. The van der Waals surface area contributed by atoms with Crippen molar-refractivity contribution in [3.05, 3.63) is 71.3 Å². The molecular weight excluding hydrogens is 404 g/mol. The molecular formula is C22H19F2N5O2. The van der Waals surface area contributed by atoms with Gasteiger partial charge in [-0.1, -0.05) is 12.1 Å². The van der Waals surface area contributed by atoms with Crippen LogP contribution in [-0.2, 0) is 0 Å². The molecule has 3 aromatic rings. The Bertz CT molecular complexity index is 1200. The molecule has 31 heavy (non-hydrogen) atoms. The molecule has 1 aliphatic rings. The van der Waals surface area contributed by atoms with Gasteiger partial charge in [0.25, 0.3) is 5.91 Å². The molecule has 0 unspecified atom stereocenters. The number of imidazole rings is 1. The lowest BCUT2D eigenvalue weighted by molar-refractivity contribution is 0.0785. The molecule has 2 aromatic carbocycles. The van der Waals surface area contributed by atoms with Gasteiger partial charge in [-0.25, -0.2) is 18.6 Å². The fourth-order valence-electron chi connectivity index (χ4n) is 3.56. The Kier molecular flexibility index (Phi) is 5.40. The number of ether oxygens (including phenoxy) is 1. The van der Waals surface area contributed by atoms with E-state index in [9.17, 15) is 13.6 Å². The predicted octanol–water partition coefficient (Wildman–Crippen LogP) is 3.55. The van der Waals surface area contributed by atoms with Gasteiger partial charge in [0.1, 0.15) is 17.3 Å². The first-order valence-corrected chi connectivity index (χ1v) is 9.56. The first-order valence-electron chi connectivity index (χ1n) is 9.56. The summed E-state index contributed by atoms with van der Waals surface area (Å²) in [7, 11) is 1.36. The van der Waals surface area contributed by atoms with Gasteiger partial charge < -0.3 is 15.4 Å². The fourth-order valence-corrected chi connectivity index (χ4v) is 3.56. The van der Waals surface area contributed by atoms with Gasteiger partial charge in [0, 0.05) is 37.0 Å². The molecule has 0 spiro atoms. The molecule has 158 valence electrons. The minimum atomic E-state index is -0.707. The summed E-state index contributed by atoms with van der Waals surface area (Å²) in [5.74, 6) is -1.29. The van der Waals surface area contributed by atoms with E-state index >= 15 is 0 Å². The summed E-state index contributed by atoms with van der Waals surface area (Å²) in [4.78, 5) is 22.1. The molecule has 1 saturated heterocycles. The number of methoxy groups -OCH3 is 1. The summed E-state index contributed by atoms with van der Waals surface area (Å²) in [6, 6.07) is 8.27. The second-order valence-corrected chi connectivity index (χ2v) is 7.22. The number of carbonyl (C=O) groups excluding carboxylic acids is 1. The Morgan fingerprint density at radius 1 is 1.26 bits per heavy atom. The van der Waals surface area contributed by atoms with E-state index in [1.54, 1.807) is 11.0 Å². The van der Waals surface area contributed by atoms with Gasteiger partial charge in [0.15, 0.2) is 11.6 Å². The van der Waals surface area contributed by atoms with Gasteiger partial charge in [-0.2, -0.15) is 0 Å². The number of hydrogen-bond donors (Lipinski definition) is 1. The van der Waals surface area contributed by atoms with Gasteiger partial charge in [0.05, 0.1) is 19.4 Å². The molecule has 7 nitrogen and oxygen atoms in total. The number of rotatable bonds is 4. The van der Waals surface area contributed by atoms with Crippen LogP contribution in [0, 0.1) is 18.2 Å². The molecule has 1 amide bonds. The lowest BCUT2D eigenvalue weighted by atomic mass is 10.1. The van der Waals surface area contributed by atoms with Gasteiger partial charge in [-0.05, 0) is 24.6 Å². The standard InChI is InChI=1S/C22H19F2N5O2/c1-26-18-5-3-13(9-16(18)23)21-27-19(22(30)28-8-7-14(25)11-28)12-29(21)15-4-6-20(31-2)17(24)10-15/h3-6,9-10,12,14H,7-8,11,25H2,2H3/t14-/m0/s1. The van der Waals surface area contributed by atoms with Gasteiger partial charge >= 0.3 is 0 Å². The molecule has 1 atom stereocenters. The average molecular weight is 423 g/mol. The van der Waals surface area contributed by atoms with Crippen molar-refractivity contribution in [2.45, 2.75) is 12.5 Å². The van der Waals surface area contributed by atoms with Crippen molar-refractivity contribution in [2.75, 3.05) is 20.2 Å². The zero-order chi connectivity index (χ0) is 22.1. The number of nitrogens with zero attached hydrogens (tertiary/aromatic N) is 4. The number of carbonyl (C=O) groups is 1. The molecule has 1 aliphatic heterocycles. The quantitative estimate of drug-likeness (QED) is 0.651. The Morgan fingerprint density at radius 2 is 2.06 bits per heavy atom. The van der Waals surface area contributed by atoms with E-state index in [0.29, 0.717) is 30.8 Å². The summed E-state index contributed by atoms with van der Waals surface area (Å²) in [6.45, 7) is 7.97. The number of halogens is 2. The van der Waals surface area contributed by atoms with E-state index in [1.165, 1.54) is 48.2 Å². The monoisotopic (exact) mass is 423 g/mol. The maximum Gasteiger partial charge on any atom is 0.274 e. The Hall–Kier alpha value is -3.77. The first kappa shape index (κ1) is 20.5. The summed E-state index contributed by atoms with van der Waals surface area (Å²) < 4.78 is 35.1. The van der Waals surface area contributed by atoms with Crippen LogP contribution < -0.4 is 10.5 Å². The maximum atomic E-state index is 14.3. The smallest absolute Gasteiger partial charge is 0.274 e. The molecule has 0 aliphatic carbocycles. The van der Waals surface area contributed by atoms with Crippen LogP contribution in [0.2, 0.25) is 0 Å². The van der Waals surface area contributed by atoms with Crippen LogP contribution in [0.3, 0.4) is 0 Å². The molecule has 1 fully saturated rings. The maximum absolute atomic E-state index is 14.3. The number of amides is 1. The van der Waals surface area contributed by atoms with E-state index in [2.05, 4.69) is 9.83 Å². The highest BCUT2D eigenvalue weighted by atomic mass is 19.1. The van der Waals surface area contributed by atoms with Crippen molar-refractivity contribution in [3.8, 4) is 22.8 Å². The van der Waals surface area contributed by atoms with Gasteiger partial charge in [0.2, 0.25) is 5.69 Å². The summed E-state index contributed by atoms with van der Waals surface area (Å²) >= 11 is 0. The zero-order valence-electron chi connectivity index (χ0n) is 16.7. The molecule has 0 radical (unpaired) electrons. The largest absolute Gasteiger partial charge is 0.494 e. The van der Waals surface area contributed by atoms with Gasteiger partial charge in [-0.3, -0.25) is 9.36 Å². The highest BCUT2D eigenvalue weighted by Crippen LogP contribution is 2.29. The highest BCUT2D eigenvalue weighted by molar-refractivity contribution is 5.93. The topological polar surface area (TPSA) is 77.7 Å². The molecule has 0 bridgehead atoms. The van der Waals surface area contributed by atoms with Gasteiger partial charge in [-0.15, -0.1) is 0 Å². The Labute approximate surface area is 177 Å². The van der Waals surface area contributed by atoms with Crippen LogP contribution >= 0.6 is 0 Å². The number of benzene rings is 2. The SMILES string of the molecule is [C-]#[N+]c1ccc(-c2nc(C(=O)N3CC[C@H](N)C3)cn2-c2ccc(OC)c(F)c2)cc1F. The van der Waals surface area contributed by atoms with E-state index in [4.69, 9.17) is 17.0 Å². The van der Waals surface area contributed by atoms with E-state index in [0.717, 1.165) is 0 Å². The van der Waals surface area contributed by atoms with Crippen LogP contribution in [0.4, 0.5) is 14.5 Å². The Morgan fingerprint density at radius 3 is 2.68 bits per heavy atom. The van der Waals surface area contributed by atoms with E-state index in [1.807, 2.05) is 0 Å². The number of hydrogen-bond acceptors (Lipinski definition) is 4. The van der Waals surface area contributed by atoms with Crippen LogP contribution in [0.15, 0.2) is 42.6 Å². The van der Waals surface area contributed by atoms with Crippen molar-refractivity contribution >= 4 is 11.6 Å². The van der Waals surface area contributed by atoms with Crippen molar-refractivity contribution in [1.29, 1.82) is 0 Å². The van der Waals surface area contributed by atoms with E-state index < -0.39 is 11.6 Å². The third-order valence-corrected chi connectivity index (χ3v) is 5.18. The van der Waals surface area contributed by atoms with Crippen LogP contribution in [0.1, 0.15) is 16.9 Å². The number of nitrogens with two attached hydrogens (primary N) is 1. The number of aromatic nitrogens is 2. The van der Waals surface area contributed by atoms with Crippen LogP contribution in [0.25, 0.3) is 21.9 Å². The predicted molar refractivity (Wildman–Crippen MR) is 110 cm³/mol. The summed E-state index contributed by atoms with van der Waals surface area (Å²) in [6.07, 6.45) is 2.19. The molecule has 9 heteroatoms. The first-order chi connectivity index (χ1) is 14.9. The summed E-state index contributed by atoms with van der Waals surface area (Å²) in [5, 5.41) is 0. The Balaban J connectivity index is 1.83. The fraction of sp³-hybridized carbons (Fsp3) is 0.227.